The number of amides is 1. The summed E-state index contributed by atoms with van der Waals surface area (Å²) >= 11 is 0. The molecule has 0 aliphatic heterocycles. The van der Waals surface area contributed by atoms with Crippen LogP contribution in [0.4, 0.5) is 17.6 Å². The molecule has 19 heavy (non-hydrogen) atoms. The summed E-state index contributed by atoms with van der Waals surface area (Å²) in [6, 6.07) is 7.65. The third-order valence-electron chi connectivity index (χ3n) is 2.69. The van der Waals surface area contributed by atoms with Crippen LogP contribution in [0.5, 0.6) is 0 Å². The van der Waals surface area contributed by atoms with Gasteiger partial charge >= 0.3 is 12.3 Å². The van der Waals surface area contributed by atoms with Crippen molar-refractivity contribution in [3.63, 3.8) is 0 Å². The molecular weight excluding hydrogens is 262 g/mol. The quantitative estimate of drug-likeness (QED) is 0.821. The van der Waals surface area contributed by atoms with Gasteiger partial charge < -0.3 is 5.32 Å². The molecule has 2 nitrogen and oxygen atoms in total. The fourth-order valence-electron chi connectivity index (χ4n) is 1.63. The van der Waals surface area contributed by atoms with Crippen molar-refractivity contribution in [2.45, 2.75) is 32.2 Å². The van der Waals surface area contributed by atoms with Crippen molar-refractivity contribution in [3.8, 4) is 0 Å². The molecule has 0 aliphatic rings. The van der Waals surface area contributed by atoms with Gasteiger partial charge in [-0.25, -0.2) is 8.78 Å². The zero-order chi connectivity index (χ0) is 14.6. The first kappa shape index (κ1) is 15.5. The molecule has 1 unspecified atom stereocenters. The highest BCUT2D eigenvalue weighted by Crippen LogP contribution is 2.27. The number of carbonyl (C=O) groups excluding carboxylic acids is 1. The molecule has 0 spiro atoms. The Morgan fingerprint density at radius 1 is 1.16 bits per heavy atom. The lowest BCUT2D eigenvalue weighted by Gasteiger charge is -2.25. The third kappa shape index (κ3) is 3.68. The monoisotopic (exact) mass is 277 g/mol. The molecule has 0 saturated heterocycles. The van der Waals surface area contributed by atoms with E-state index in [1.165, 1.54) is 0 Å². The van der Waals surface area contributed by atoms with Crippen molar-refractivity contribution in [2.24, 2.45) is 5.92 Å². The second kappa shape index (κ2) is 6.04. The molecule has 1 aromatic carbocycles. The maximum Gasteiger partial charge on any atom is 0.383 e. The Morgan fingerprint density at radius 3 is 2.11 bits per heavy atom. The van der Waals surface area contributed by atoms with E-state index in [4.69, 9.17) is 0 Å². The molecule has 1 rings (SSSR count). The predicted molar refractivity (Wildman–Crippen MR) is 63.1 cm³/mol. The Balaban J connectivity index is 2.90. The van der Waals surface area contributed by atoms with E-state index >= 15 is 0 Å². The molecular formula is C13H15F4NO. The van der Waals surface area contributed by atoms with Gasteiger partial charge in [0.1, 0.15) is 0 Å². The molecule has 0 heterocycles. The lowest BCUT2D eigenvalue weighted by atomic mass is 9.96. The van der Waals surface area contributed by atoms with E-state index in [-0.39, 0.29) is 5.92 Å². The summed E-state index contributed by atoms with van der Waals surface area (Å²) in [6.07, 6.45) is -4.02. The third-order valence-corrected chi connectivity index (χ3v) is 2.69. The number of nitrogens with one attached hydrogen (secondary N) is 1. The predicted octanol–water partition coefficient (Wildman–Crippen LogP) is 3.40. The van der Waals surface area contributed by atoms with Crippen molar-refractivity contribution in [1.82, 2.24) is 5.32 Å². The van der Waals surface area contributed by atoms with E-state index in [1.807, 2.05) is 5.32 Å². The Hall–Kier alpha value is -1.59. The summed E-state index contributed by atoms with van der Waals surface area (Å²) in [5.41, 5.74) is 0.593. The molecule has 0 aliphatic carbocycles. The highest BCUT2D eigenvalue weighted by atomic mass is 19.3. The number of halogens is 4. The minimum atomic E-state index is -4.68. The smallest absolute Gasteiger partial charge is 0.344 e. The number of benzene rings is 1. The number of rotatable bonds is 5. The number of hydrogen-bond acceptors (Lipinski definition) is 1. The van der Waals surface area contributed by atoms with Crippen LogP contribution in [0.2, 0.25) is 0 Å². The molecule has 1 amide bonds. The molecule has 106 valence electrons. The minimum absolute atomic E-state index is 0.208. The molecule has 0 aromatic heterocycles. The van der Waals surface area contributed by atoms with Crippen molar-refractivity contribution in [2.75, 3.05) is 0 Å². The zero-order valence-electron chi connectivity index (χ0n) is 10.5. The topological polar surface area (TPSA) is 29.1 Å². The average molecular weight is 277 g/mol. The standard InChI is InChI=1S/C13H15F4NO/c1-8(2)10(9-6-4-3-5-7-9)18-12(19)13(16,17)11(14)15/h3-8,10-11H,1-2H3,(H,18,19). The van der Waals surface area contributed by atoms with Crippen molar-refractivity contribution < 1.29 is 22.4 Å². The van der Waals surface area contributed by atoms with Gasteiger partial charge in [0.25, 0.3) is 5.91 Å². The average Bonchev–Trinajstić information content (AvgIpc) is 2.35. The number of hydrogen-bond donors (Lipinski definition) is 1. The van der Waals surface area contributed by atoms with E-state index in [1.54, 1.807) is 44.2 Å². The largest absolute Gasteiger partial charge is 0.383 e. The first-order valence-electron chi connectivity index (χ1n) is 5.78. The molecule has 1 aromatic rings. The van der Waals surface area contributed by atoms with Crippen LogP contribution in [0.1, 0.15) is 25.5 Å². The van der Waals surface area contributed by atoms with E-state index < -0.39 is 24.3 Å². The summed E-state index contributed by atoms with van der Waals surface area (Å²) in [5, 5.41) is 1.99. The molecule has 0 fully saturated rings. The molecule has 6 heteroatoms. The van der Waals surface area contributed by atoms with Crippen LogP contribution in [-0.2, 0) is 4.79 Å². The van der Waals surface area contributed by atoms with Gasteiger partial charge in [-0.3, -0.25) is 4.79 Å². The maximum absolute atomic E-state index is 12.9. The van der Waals surface area contributed by atoms with E-state index in [0.717, 1.165) is 0 Å². The van der Waals surface area contributed by atoms with Gasteiger partial charge in [-0.2, -0.15) is 8.78 Å². The van der Waals surface area contributed by atoms with Crippen molar-refractivity contribution >= 4 is 5.91 Å². The van der Waals surface area contributed by atoms with Crippen LogP contribution >= 0.6 is 0 Å². The van der Waals surface area contributed by atoms with Gasteiger partial charge in [-0.05, 0) is 11.5 Å². The first-order valence-corrected chi connectivity index (χ1v) is 5.78. The van der Waals surface area contributed by atoms with Crippen molar-refractivity contribution in [1.29, 1.82) is 0 Å². The van der Waals surface area contributed by atoms with E-state index in [2.05, 4.69) is 0 Å². The molecule has 0 saturated carbocycles. The summed E-state index contributed by atoms with van der Waals surface area (Å²) in [5.74, 6) is -6.84. The fraction of sp³-hybridized carbons (Fsp3) is 0.462. The van der Waals surface area contributed by atoms with Crippen LogP contribution in [0.3, 0.4) is 0 Å². The SMILES string of the molecule is CC(C)C(NC(=O)C(F)(F)C(F)F)c1ccccc1. The Morgan fingerprint density at radius 2 is 1.68 bits per heavy atom. The summed E-state index contributed by atoms with van der Waals surface area (Å²) in [6.45, 7) is 3.41. The second-order valence-corrected chi connectivity index (χ2v) is 4.53. The highest BCUT2D eigenvalue weighted by Gasteiger charge is 2.49. The van der Waals surface area contributed by atoms with E-state index in [0.29, 0.717) is 5.56 Å². The summed E-state index contributed by atoms with van der Waals surface area (Å²) in [7, 11) is 0. The lowest BCUT2D eigenvalue weighted by Crippen LogP contribution is -2.47. The van der Waals surface area contributed by atoms with E-state index in [9.17, 15) is 22.4 Å². The Labute approximate surface area is 108 Å². The van der Waals surface area contributed by atoms with Gasteiger partial charge in [0.15, 0.2) is 0 Å². The first-order chi connectivity index (χ1) is 8.76. The van der Waals surface area contributed by atoms with Gasteiger partial charge in [0.05, 0.1) is 6.04 Å². The van der Waals surface area contributed by atoms with Crippen molar-refractivity contribution in [3.05, 3.63) is 35.9 Å². The molecule has 1 N–H and O–H groups in total. The minimum Gasteiger partial charge on any atom is -0.344 e. The van der Waals surface area contributed by atoms with Crippen LogP contribution < -0.4 is 5.32 Å². The van der Waals surface area contributed by atoms with Crippen LogP contribution in [0.25, 0.3) is 0 Å². The lowest BCUT2D eigenvalue weighted by molar-refractivity contribution is -0.170. The van der Waals surface area contributed by atoms with Crippen LogP contribution in [0.15, 0.2) is 30.3 Å². The van der Waals surface area contributed by atoms with Gasteiger partial charge in [0, 0.05) is 0 Å². The summed E-state index contributed by atoms with van der Waals surface area (Å²) in [4.78, 5) is 11.3. The fourth-order valence-corrected chi connectivity index (χ4v) is 1.63. The zero-order valence-corrected chi connectivity index (χ0v) is 10.5. The molecule has 0 radical (unpaired) electrons. The molecule has 0 bridgehead atoms. The Bertz CT molecular complexity index is 420. The Kier molecular flexibility index (Phi) is 4.91. The van der Waals surface area contributed by atoms with Gasteiger partial charge in [0.2, 0.25) is 0 Å². The van der Waals surface area contributed by atoms with Crippen LogP contribution in [-0.4, -0.2) is 18.3 Å². The summed E-state index contributed by atoms with van der Waals surface area (Å²) < 4.78 is 50.0. The number of carbonyl (C=O) groups is 1. The highest BCUT2D eigenvalue weighted by molar-refractivity contribution is 5.84. The second-order valence-electron chi connectivity index (χ2n) is 4.53. The normalized spacial score (nSPS) is 13.7. The number of alkyl halides is 4. The van der Waals surface area contributed by atoms with Gasteiger partial charge in [-0.1, -0.05) is 44.2 Å². The van der Waals surface area contributed by atoms with Gasteiger partial charge in [-0.15, -0.1) is 0 Å². The molecule has 1 atom stereocenters. The maximum atomic E-state index is 12.9. The van der Waals surface area contributed by atoms with Crippen LogP contribution in [0, 0.1) is 5.92 Å².